The van der Waals surface area contributed by atoms with Gasteiger partial charge < -0.3 is 0 Å². The van der Waals surface area contributed by atoms with Gasteiger partial charge in [0.15, 0.2) is 0 Å². The Balaban J connectivity index is 2.28. The molecule has 1 fully saturated rings. The van der Waals surface area contributed by atoms with E-state index >= 15 is 0 Å². The van der Waals surface area contributed by atoms with Crippen LogP contribution in [-0.2, 0) is 0 Å². The van der Waals surface area contributed by atoms with Gasteiger partial charge in [-0.2, -0.15) is 25.3 Å². The van der Waals surface area contributed by atoms with Crippen LogP contribution >= 0.6 is 37.0 Å². The first-order valence-corrected chi connectivity index (χ1v) is 5.77. The van der Waals surface area contributed by atoms with Crippen molar-refractivity contribution in [1.29, 1.82) is 0 Å². The molecule has 0 amide bonds. The van der Waals surface area contributed by atoms with E-state index in [0.717, 1.165) is 22.7 Å². The molecule has 3 atom stereocenters. The van der Waals surface area contributed by atoms with E-state index in [2.05, 4.69) is 39.1 Å². The molecule has 1 rings (SSSR count). The van der Waals surface area contributed by atoms with Crippen molar-refractivity contribution in [3.05, 3.63) is 0 Å². The predicted octanol–water partition coefficient (Wildman–Crippen LogP) is 2.56. The van der Waals surface area contributed by atoms with Gasteiger partial charge >= 0.3 is 0 Å². The van der Waals surface area contributed by atoms with E-state index in [4.69, 9.17) is 0 Å². The van der Waals surface area contributed by atoms with E-state index in [9.17, 15) is 0 Å². The smallest absolute Gasteiger partial charge is 0.0362 e. The lowest BCUT2D eigenvalue weighted by molar-refractivity contribution is 0.834. The minimum Gasteiger partial charge on any atom is -0.171 e. The SMILES string of the molecule is CC1[C@H](C)C1(S)CSCS. The third-order valence-electron chi connectivity index (χ3n) is 2.64. The second kappa shape index (κ2) is 3.20. The molecule has 1 aliphatic rings. The Hall–Kier alpha value is 1.05. The van der Waals surface area contributed by atoms with Crippen molar-refractivity contribution >= 4 is 37.0 Å². The van der Waals surface area contributed by atoms with Crippen molar-refractivity contribution in [3.8, 4) is 0 Å². The molecule has 0 aliphatic heterocycles. The summed E-state index contributed by atoms with van der Waals surface area (Å²) in [6.07, 6.45) is 0. The maximum atomic E-state index is 4.63. The summed E-state index contributed by atoms with van der Waals surface area (Å²) in [5.41, 5.74) is 0. The quantitative estimate of drug-likeness (QED) is 0.514. The van der Waals surface area contributed by atoms with Crippen molar-refractivity contribution in [1.82, 2.24) is 0 Å². The molecule has 10 heavy (non-hydrogen) atoms. The average molecular weight is 194 g/mol. The maximum Gasteiger partial charge on any atom is 0.0362 e. The highest BCUT2D eigenvalue weighted by Crippen LogP contribution is 2.56. The minimum absolute atomic E-state index is 0.327. The molecule has 0 saturated heterocycles. The number of thiol groups is 2. The standard InChI is InChI=1S/C7H14S3/c1-5-6(2)7(5,9)3-10-4-8/h5-6,8-9H,3-4H2,1-2H3/t5-,6?,7?/m0/s1. The Morgan fingerprint density at radius 1 is 1.40 bits per heavy atom. The summed E-state index contributed by atoms with van der Waals surface area (Å²) in [6.45, 7) is 4.55. The molecular formula is C7H14S3. The lowest BCUT2D eigenvalue weighted by atomic mass is 10.4. The van der Waals surface area contributed by atoms with Gasteiger partial charge in [0, 0.05) is 15.6 Å². The Morgan fingerprint density at radius 3 is 2.20 bits per heavy atom. The summed E-state index contributed by atoms with van der Waals surface area (Å²) in [5, 5.41) is 0.918. The minimum atomic E-state index is 0.327. The summed E-state index contributed by atoms with van der Waals surface area (Å²) in [6, 6.07) is 0. The van der Waals surface area contributed by atoms with Crippen LogP contribution in [0.3, 0.4) is 0 Å². The topological polar surface area (TPSA) is 0 Å². The average Bonchev–Trinajstić information content (AvgIpc) is 2.38. The summed E-state index contributed by atoms with van der Waals surface area (Å²) in [5.74, 6) is 2.74. The summed E-state index contributed by atoms with van der Waals surface area (Å²) in [7, 11) is 0. The Morgan fingerprint density at radius 2 is 1.90 bits per heavy atom. The summed E-state index contributed by atoms with van der Waals surface area (Å²) < 4.78 is 0.327. The molecule has 0 spiro atoms. The van der Waals surface area contributed by atoms with Crippen molar-refractivity contribution in [2.24, 2.45) is 11.8 Å². The fraction of sp³-hybridized carbons (Fsp3) is 1.00. The van der Waals surface area contributed by atoms with E-state index in [1.54, 1.807) is 0 Å². The first-order valence-electron chi connectivity index (χ1n) is 3.54. The van der Waals surface area contributed by atoms with Crippen LogP contribution in [-0.4, -0.2) is 15.6 Å². The molecule has 0 heterocycles. The summed E-state index contributed by atoms with van der Waals surface area (Å²) in [4.78, 5) is 0. The van der Waals surface area contributed by atoms with Crippen LogP contribution in [0.5, 0.6) is 0 Å². The van der Waals surface area contributed by atoms with E-state index < -0.39 is 0 Å². The highest BCUT2D eigenvalue weighted by atomic mass is 32.2. The van der Waals surface area contributed by atoms with Crippen LogP contribution in [0.2, 0.25) is 0 Å². The van der Waals surface area contributed by atoms with Gasteiger partial charge in [-0.05, 0) is 11.8 Å². The number of hydrogen-bond acceptors (Lipinski definition) is 3. The van der Waals surface area contributed by atoms with Crippen LogP contribution in [0, 0.1) is 11.8 Å². The molecule has 0 aromatic heterocycles. The lowest BCUT2D eigenvalue weighted by Crippen LogP contribution is -2.07. The molecule has 0 aromatic rings. The van der Waals surface area contributed by atoms with Gasteiger partial charge in [-0.15, -0.1) is 11.8 Å². The van der Waals surface area contributed by atoms with Crippen molar-refractivity contribution in [2.45, 2.75) is 18.6 Å². The van der Waals surface area contributed by atoms with Gasteiger partial charge in [0.05, 0.1) is 0 Å². The first kappa shape index (κ1) is 9.14. The monoisotopic (exact) mass is 194 g/mol. The second-order valence-corrected chi connectivity index (χ2v) is 5.61. The fourth-order valence-corrected chi connectivity index (χ4v) is 3.18. The number of rotatable bonds is 3. The van der Waals surface area contributed by atoms with Gasteiger partial charge in [0.25, 0.3) is 0 Å². The van der Waals surface area contributed by atoms with Crippen LogP contribution in [0.4, 0.5) is 0 Å². The number of hydrogen-bond donors (Lipinski definition) is 2. The molecule has 1 aliphatic carbocycles. The van der Waals surface area contributed by atoms with Gasteiger partial charge in [0.2, 0.25) is 0 Å². The molecule has 3 heteroatoms. The number of thioether (sulfide) groups is 1. The van der Waals surface area contributed by atoms with E-state index in [1.807, 2.05) is 11.8 Å². The van der Waals surface area contributed by atoms with Gasteiger partial charge in [0.1, 0.15) is 0 Å². The predicted molar refractivity (Wildman–Crippen MR) is 56.4 cm³/mol. The Kier molecular flexibility index (Phi) is 2.92. The van der Waals surface area contributed by atoms with Gasteiger partial charge in [-0.3, -0.25) is 0 Å². The Bertz CT molecular complexity index is 116. The van der Waals surface area contributed by atoms with Crippen LogP contribution in [0.15, 0.2) is 0 Å². The first-order chi connectivity index (χ1) is 4.63. The molecule has 0 aromatic carbocycles. The maximum absolute atomic E-state index is 4.63. The molecule has 1 saturated carbocycles. The highest BCUT2D eigenvalue weighted by molar-refractivity contribution is 8.09. The molecular weight excluding hydrogens is 180 g/mol. The van der Waals surface area contributed by atoms with E-state index in [1.165, 1.54) is 0 Å². The summed E-state index contributed by atoms with van der Waals surface area (Å²) >= 11 is 10.7. The lowest BCUT2D eigenvalue weighted by Gasteiger charge is -2.06. The molecule has 60 valence electrons. The highest BCUT2D eigenvalue weighted by Gasteiger charge is 2.55. The fourth-order valence-electron chi connectivity index (χ4n) is 1.31. The zero-order valence-corrected chi connectivity index (χ0v) is 8.98. The van der Waals surface area contributed by atoms with E-state index in [0.29, 0.717) is 4.75 Å². The molecule has 0 N–H and O–H groups in total. The van der Waals surface area contributed by atoms with E-state index in [-0.39, 0.29) is 0 Å². The zero-order chi connectivity index (χ0) is 7.78. The second-order valence-electron chi connectivity index (χ2n) is 3.05. The Labute approximate surface area is 78.4 Å². The van der Waals surface area contributed by atoms with Crippen molar-refractivity contribution < 1.29 is 0 Å². The van der Waals surface area contributed by atoms with Crippen molar-refractivity contribution in [2.75, 3.05) is 10.8 Å². The van der Waals surface area contributed by atoms with Crippen LogP contribution in [0.25, 0.3) is 0 Å². The third-order valence-corrected chi connectivity index (χ3v) is 5.24. The van der Waals surface area contributed by atoms with Crippen molar-refractivity contribution in [3.63, 3.8) is 0 Å². The normalized spacial score (nSPS) is 45.6. The van der Waals surface area contributed by atoms with Crippen LogP contribution in [0.1, 0.15) is 13.8 Å². The van der Waals surface area contributed by atoms with Crippen LogP contribution < -0.4 is 0 Å². The van der Waals surface area contributed by atoms with Gasteiger partial charge in [-0.1, -0.05) is 13.8 Å². The van der Waals surface area contributed by atoms with Gasteiger partial charge in [-0.25, -0.2) is 0 Å². The third kappa shape index (κ3) is 1.46. The largest absolute Gasteiger partial charge is 0.171 e. The zero-order valence-electron chi connectivity index (χ0n) is 6.37. The molecule has 0 radical (unpaired) electrons. The molecule has 2 unspecified atom stereocenters. The molecule has 0 bridgehead atoms. The molecule has 0 nitrogen and oxygen atoms in total.